The molecule has 0 aliphatic heterocycles. The Balaban J connectivity index is 2.20. The molecule has 26 heavy (non-hydrogen) atoms. The van der Waals surface area contributed by atoms with E-state index in [0.29, 0.717) is 10.0 Å². The van der Waals surface area contributed by atoms with Crippen molar-refractivity contribution < 1.29 is 0 Å². The average Bonchev–Trinajstić information content (AvgIpc) is 3.01. The number of nitrogens with zero attached hydrogens (tertiary/aromatic N) is 4. The van der Waals surface area contributed by atoms with Crippen molar-refractivity contribution in [2.45, 2.75) is 40.0 Å². The van der Waals surface area contributed by atoms with Crippen LogP contribution in [0.3, 0.4) is 0 Å². The standard InChI is InChI=1S/C20H24Cl2N4/c1-4-7-11-25(6-3)20-17(5-2)24-19-18(23-10-12-26(19)20)15-9-8-14(21)13-16(15)22/h8-10,12-13H,4-7,11H2,1-3H3. The van der Waals surface area contributed by atoms with Crippen molar-refractivity contribution in [3.63, 3.8) is 0 Å². The molecule has 0 bridgehead atoms. The Morgan fingerprint density at radius 3 is 2.62 bits per heavy atom. The third kappa shape index (κ3) is 3.53. The lowest BCUT2D eigenvalue weighted by atomic mass is 10.1. The Morgan fingerprint density at radius 1 is 1.15 bits per heavy atom. The van der Waals surface area contributed by atoms with Gasteiger partial charge in [0, 0.05) is 36.1 Å². The first kappa shape index (κ1) is 19.0. The molecule has 0 aliphatic rings. The summed E-state index contributed by atoms with van der Waals surface area (Å²) in [6, 6.07) is 5.48. The van der Waals surface area contributed by atoms with E-state index in [2.05, 4.69) is 35.1 Å². The largest absolute Gasteiger partial charge is 0.356 e. The second-order valence-corrected chi connectivity index (χ2v) is 7.11. The Morgan fingerprint density at radius 2 is 1.96 bits per heavy atom. The summed E-state index contributed by atoms with van der Waals surface area (Å²) in [6.45, 7) is 8.51. The molecule has 3 rings (SSSR count). The predicted molar refractivity (Wildman–Crippen MR) is 111 cm³/mol. The van der Waals surface area contributed by atoms with E-state index in [9.17, 15) is 0 Å². The van der Waals surface area contributed by atoms with Crippen LogP contribution in [0.5, 0.6) is 0 Å². The number of imidazole rings is 1. The molecule has 0 fully saturated rings. The van der Waals surface area contributed by atoms with E-state index in [1.807, 2.05) is 24.5 Å². The molecule has 2 aromatic heterocycles. The van der Waals surface area contributed by atoms with Crippen molar-refractivity contribution in [2.75, 3.05) is 18.0 Å². The van der Waals surface area contributed by atoms with Crippen LogP contribution in [-0.2, 0) is 6.42 Å². The van der Waals surface area contributed by atoms with Crippen LogP contribution < -0.4 is 4.90 Å². The van der Waals surface area contributed by atoms with Gasteiger partial charge in [0.2, 0.25) is 0 Å². The van der Waals surface area contributed by atoms with Crippen LogP contribution >= 0.6 is 23.2 Å². The maximum absolute atomic E-state index is 6.43. The molecule has 0 amide bonds. The van der Waals surface area contributed by atoms with E-state index in [4.69, 9.17) is 28.2 Å². The van der Waals surface area contributed by atoms with E-state index in [-0.39, 0.29) is 0 Å². The second-order valence-electron chi connectivity index (χ2n) is 6.26. The topological polar surface area (TPSA) is 33.4 Å². The van der Waals surface area contributed by atoms with Gasteiger partial charge in [0.25, 0.3) is 0 Å². The van der Waals surface area contributed by atoms with Crippen molar-refractivity contribution in [3.05, 3.63) is 46.3 Å². The van der Waals surface area contributed by atoms with Crippen molar-refractivity contribution >= 4 is 34.7 Å². The fourth-order valence-electron chi connectivity index (χ4n) is 3.22. The van der Waals surface area contributed by atoms with Crippen LogP contribution in [0.2, 0.25) is 10.0 Å². The number of anilines is 1. The molecule has 3 aromatic rings. The molecule has 0 spiro atoms. The summed E-state index contributed by atoms with van der Waals surface area (Å²) in [7, 11) is 0. The normalized spacial score (nSPS) is 11.3. The number of hydrogen-bond acceptors (Lipinski definition) is 3. The molecule has 0 saturated heterocycles. The summed E-state index contributed by atoms with van der Waals surface area (Å²) in [4.78, 5) is 11.9. The summed E-state index contributed by atoms with van der Waals surface area (Å²) < 4.78 is 2.14. The zero-order valence-electron chi connectivity index (χ0n) is 15.5. The van der Waals surface area contributed by atoms with Crippen molar-refractivity contribution in [3.8, 4) is 11.3 Å². The molecule has 0 atom stereocenters. The van der Waals surface area contributed by atoms with Gasteiger partial charge >= 0.3 is 0 Å². The minimum atomic E-state index is 0.582. The van der Waals surface area contributed by atoms with Crippen LogP contribution in [0.15, 0.2) is 30.6 Å². The minimum Gasteiger partial charge on any atom is -0.356 e. The first-order chi connectivity index (χ1) is 12.6. The number of rotatable bonds is 7. The fourth-order valence-corrected chi connectivity index (χ4v) is 3.72. The van der Waals surface area contributed by atoms with E-state index in [1.165, 1.54) is 6.42 Å². The van der Waals surface area contributed by atoms with Crippen LogP contribution in [0.4, 0.5) is 5.82 Å². The number of fused-ring (bicyclic) bond motifs is 1. The predicted octanol–water partition coefficient (Wildman–Crippen LogP) is 5.89. The summed E-state index contributed by atoms with van der Waals surface area (Å²) in [6.07, 6.45) is 6.99. The summed E-state index contributed by atoms with van der Waals surface area (Å²) in [5.41, 5.74) is 3.54. The van der Waals surface area contributed by atoms with Gasteiger partial charge in [-0.15, -0.1) is 0 Å². The first-order valence-electron chi connectivity index (χ1n) is 9.16. The lowest BCUT2D eigenvalue weighted by Crippen LogP contribution is -2.26. The SMILES string of the molecule is CCCCN(CC)c1c(CC)nc2c(-c3ccc(Cl)cc3Cl)nccn12. The van der Waals surface area contributed by atoms with Gasteiger partial charge in [0.15, 0.2) is 5.65 Å². The zero-order chi connectivity index (χ0) is 18.7. The summed E-state index contributed by atoms with van der Waals surface area (Å²) in [5.74, 6) is 1.16. The molecule has 0 N–H and O–H groups in total. The third-order valence-corrected chi connectivity index (χ3v) is 5.12. The summed E-state index contributed by atoms with van der Waals surface area (Å²) in [5, 5.41) is 1.19. The molecule has 1 aromatic carbocycles. The maximum atomic E-state index is 6.43. The number of benzene rings is 1. The molecular formula is C20H24Cl2N4. The van der Waals surface area contributed by atoms with Gasteiger partial charge in [0.05, 0.1) is 10.7 Å². The molecule has 0 saturated carbocycles. The van der Waals surface area contributed by atoms with E-state index < -0.39 is 0 Å². The van der Waals surface area contributed by atoms with Gasteiger partial charge in [0.1, 0.15) is 11.5 Å². The second kappa shape index (κ2) is 8.28. The highest BCUT2D eigenvalue weighted by atomic mass is 35.5. The highest BCUT2D eigenvalue weighted by Crippen LogP contribution is 2.33. The quantitative estimate of drug-likeness (QED) is 0.503. The average molecular weight is 391 g/mol. The van der Waals surface area contributed by atoms with Crippen LogP contribution in [0.25, 0.3) is 16.9 Å². The van der Waals surface area contributed by atoms with Crippen molar-refractivity contribution in [2.24, 2.45) is 0 Å². The van der Waals surface area contributed by atoms with E-state index >= 15 is 0 Å². The minimum absolute atomic E-state index is 0.582. The Bertz CT molecular complexity index is 904. The smallest absolute Gasteiger partial charge is 0.165 e. The zero-order valence-corrected chi connectivity index (χ0v) is 17.0. The Kier molecular flexibility index (Phi) is 6.05. The van der Waals surface area contributed by atoms with Gasteiger partial charge in [-0.25, -0.2) is 4.98 Å². The highest BCUT2D eigenvalue weighted by Gasteiger charge is 2.20. The van der Waals surface area contributed by atoms with Crippen molar-refractivity contribution in [1.29, 1.82) is 0 Å². The van der Waals surface area contributed by atoms with E-state index in [1.54, 1.807) is 6.07 Å². The van der Waals surface area contributed by atoms with Crippen LogP contribution in [0.1, 0.15) is 39.3 Å². The summed E-state index contributed by atoms with van der Waals surface area (Å²) >= 11 is 12.5. The number of unbranched alkanes of at least 4 members (excludes halogenated alkanes) is 1. The monoisotopic (exact) mass is 390 g/mol. The van der Waals surface area contributed by atoms with Gasteiger partial charge < -0.3 is 4.90 Å². The van der Waals surface area contributed by atoms with Crippen LogP contribution in [-0.4, -0.2) is 27.5 Å². The molecule has 138 valence electrons. The number of hydrogen-bond donors (Lipinski definition) is 0. The number of aromatic nitrogens is 3. The van der Waals surface area contributed by atoms with Gasteiger partial charge in [-0.05, 0) is 38.0 Å². The third-order valence-electron chi connectivity index (χ3n) is 4.57. The van der Waals surface area contributed by atoms with Gasteiger partial charge in [-0.3, -0.25) is 9.38 Å². The number of aryl methyl sites for hydroxylation is 1. The molecular weight excluding hydrogens is 367 g/mol. The maximum Gasteiger partial charge on any atom is 0.165 e. The Labute approximate surface area is 164 Å². The molecule has 0 aliphatic carbocycles. The number of halogens is 2. The molecule has 0 radical (unpaired) electrons. The highest BCUT2D eigenvalue weighted by molar-refractivity contribution is 6.36. The van der Waals surface area contributed by atoms with Gasteiger partial charge in [-0.1, -0.05) is 43.5 Å². The lowest BCUT2D eigenvalue weighted by Gasteiger charge is -2.23. The Hall–Kier alpha value is -1.78. The fraction of sp³-hybridized carbons (Fsp3) is 0.400. The molecule has 0 unspecified atom stereocenters. The lowest BCUT2D eigenvalue weighted by molar-refractivity contribution is 0.717. The molecule has 2 heterocycles. The van der Waals surface area contributed by atoms with Gasteiger partial charge in [-0.2, -0.15) is 0 Å². The van der Waals surface area contributed by atoms with Crippen LogP contribution in [0, 0.1) is 0 Å². The molecule has 4 nitrogen and oxygen atoms in total. The molecule has 6 heteroatoms. The first-order valence-corrected chi connectivity index (χ1v) is 9.92. The van der Waals surface area contributed by atoms with Crippen molar-refractivity contribution in [1.82, 2.24) is 14.4 Å². The van der Waals surface area contributed by atoms with E-state index in [0.717, 1.165) is 54.3 Å².